The van der Waals surface area contributed by atoms with Gasteiger partial charge in [-0.2, -0.15) is 0 Å². The van der Waals surface area contributed by atoms with Gasteiger partial charge < -0.3 is 14.6 Å². The number of nitrogens with zero attached hydrogens (tertiary/aromatic N) is 4. The maximum Gasteiger partial charge on any atom is 0.332 e. The van der Waals surface area contributed by atoms with E-state index in [4.69, 9.17) is 16.3 Å². The number of aromatic nitrogens is 4. The zero-order valence-electron chi connectivity index (χ0n) is 16.2. The van der Waals surface area contributed by atoms with Gasteiger partial charge >= 0.3 is 5.69 Å². The molecule has 0 spiro atoms. The van der Waals surface area contributed by atoms with Gasteiger partial charge in [0.15, 0.2) is 11.2 Å². The first-order chi connectivity index (χ1) is 13.9. The molecule has 154 valence electrons. The van der Waals surface area contributed by atoms with E-state index in [9.17, 15) is 14.4 Å². The molecule has 0 fully saturated rings. The number of halogens is 1. The van der Waals surface area contributed by atoms with Gasteiger partial charge in [0.05, 0.1) is 12.9 Å². The fourth-order valence-corrected chi connectivity index (χ4v) is 3.08. The number of rotatable bonds is 8. The lowest BCUT2D eigenvalue weighted by molar-refractivity contribution is -0.121. The van der Waals surface area contributed by atoms with E-state index in [0.29, 0.717) is 54.5 Å². The minimum atomic E-state index is -0.423. The Morgan fingerprint density at radius 2 is 1.90 bits per heavy atom. The largest absolute Gasteiger partial charge is 0.492 e. The molecule has 0 aliphatic heterocycles. The number of fused-ring (bicyclic) bond motifs is 1. The van der Waals surface area contributed by atoms with Crippen LogP contribution in [0.15, 0.2) is 40.2 Å². The number of aryl methyl sites for hydroxylation is 2. The second-order valence-corrected chi connectivity index (χ2v) is 7.01. The number of imidazole rings is 1. The van der Waals surface area contributed by atoms with Crippen molar-refractivity contribution in [3.8, 4) is 5.75 Å². The van der Waals surface area contributed by atoms with Gasteiger partial charge in [0.1, 0.15) is 12.4 Å². The molecule has 0 bridgehead atoms. The van der Waals surface area contributed by atoms with Crippen molar-refractivity contribution in [2.24, 2.45) is 14.1 Å². The molecule has 0 saturated carbocycles. The third kappa shape index (κ3) is 4.68. The SMILES string of the molecule is Cn1c(=O)c2c(ncn2CCCC(=O)NCCOc2ccc(Cl)cc2)n(C)c1=O. The van der Waals surface area contributed by atoms with E-state index in [0.717, 1.165) is 4.57 Å². The molecular weight excluding hydrogens is 398 g/mol. The maximum atomic E-state index is 12.4. The third-order valence-electron chi connectivity index (χ3n) is 4.53. The van der Waals surface area contributed by atoms with E-state index in [-0.39, 0.29) is 5.91 Å². The van der Waals surface area contributed by atoms with E-state index in [1.807, 2.05) is 0 Å². The van der Waals surface area contributed by atoms with Crippen molar-refractivity contribution in [1.29, 1.82) is 0 Å². The lowest BCUT2D eigenvalue weighted by Gasteiger charge is -2.09. The molecule has 2 heterocycles. The Balaban J connectivity index is 1.47. The fraction of sp³-hybridized carbons (Fsp3) is 0.368. The van der Waals surface area contributed by atoms with Crippen molar-refractivity contribution in [3.05, 3.63) is 56.5 Å². The fourth-order valence-electron chi connectivity index (χ4n) is 2.96. The van der Waals surface area contributed by atoms with Gasteiger partial charge in [-0.15, -0.1) is 0 Å². The van der Waals surface area contributed by atoms with Gasteiger partial charge in [-0.3, -0.25) is 18.7 Å². The van der Waals surface area contributed by atoms with Crippen LogP contribution in [0.1, 0.15) is 12.8 Å². The molecule has 29 heavy (non-hydrogen) atoms. The Labute approximate surface area is 171 Å². The second-order valence-electron chi connectivity index (χ2n) is 6.57. The number of carbonyl (C=O) groups excluding carboxylic acids is 1. The molecule has 0 aliphatic carbocycles. The summed E-state index contributed by atoms with van der Waals surface area (Å²) in [4.78, 5) is 40.5. The van der Waals surface area contributed by atoms with E-state index in [1.54, 1.807) is 35.9 Å². The number of hydrogen-bond acceptors (Lipinski definition) is 5. The van der Waals surface area contributed by atoms with Gasteiger partial charge in [-0.25, -0.2) is 9.78 Å². The Hall–Kier alpha value is -3.07. The van der Waals surface area contributed by atoms with Crippen molar-refractivity contribution in [2.45, 2.75) is 19.4 Å². The summed E-state index contributed by atoms with van der Waals surface area (Å²) < 4.78 is 9.58. The second kappa shape index (κ2) is 8.95. The quantitative estimate of drug-likeness (QED) is 0.550. The number of carbonyl (C=O) groups is 1. The highest BCUT2D eigenvalue weighted by atomic mass is 35.5. The summed E-state index contributed by atoms with van der Waals surface area (Å²) in [6.45, 7) is 1.18. The van der Waals surface area contributed by atoms with Crippen LogP contribution in [-0.2, 0) is 25.4 Å². The van der Waals surface area contributed by atoms with Crippen LogP contribution in [0.5, 0.6) is 5.75 Å². The van der Waals surface area contributed by atoms with E-state index < -0.39 is 11.2 Å². The molecule has 9 nitrogen and oxygen atoms in total. The first kappa shape index (κ1) is 20.7. The molecule has 1 N–H and O–H groups in total. The predicted molar refractivity (Wildman–Crippen MR) is 109 cm³/mol. The van der Waals surface area contributed by atoms with Gasteiger partial charge in [-0.1, -0.05) is 11.6 Å². The van der Waals surface area contributed by atoms with Crippen LogP contribution >= 0.6 is 11.6 Å². The van der Waals surface area contributed by atoms with Crippen LogP contribution in [0.4, 0.5) is 0 Å². The Bertz CT molecular complexity index is 1130. The van der Waals surface area contributed by atoms with Crippen LogP contribution in [0, 0.1) is 0 Å². The van der Waals surface area contributed by atoms with Crippen LogP contribution in [-0.4, -0.2) is 37.7 Å². The van der Waals surface area contributed by atoms with Crippen molar-refractivity contribution >= 4 is 28.7 Å². The molecule has 0 aliphatic rings. The summed E-state index contributed by atoms with van der Waals surface area (Å²) in [5, 5.41) is 3.43. The van der Waals surface area contributed by atoms with Crippen molar-refractivity contribution in [1.82, 2.24) is 24.0 Å². The van der Waals surface area contributed by atoms with Gasteiger partial charge in [0.25, 0.3) is 5.56 Å². The number of benzene rings is 1. The highest BCUT2D eigenvalue weighted by molar-refractivity contribution is 6.30. The summed E-state index contributed by atoms with van der Waals surface area (Å²) in [7, 11) is 3.00. The predicted octanol–water partition coefficient (Wildman–Crippen LogP) is 1.06. The molecule has 0 saturated heterocycles. The van der Waals surface area contributed by atoms with Gasteiger partial charge in [-0.05, 0) is 30.7 Å². The molecule has 0 radical (unpaired) electrons. The van der Waals surface area contributed by atoms with Gasteiger partial charge in [0.2, 0.25) is 5.91 Å². The number of ether oxygens (including phenoxy) is 1. The van der Waals surface area contributed by atoms with Crippen molar-refractivity contribution < 1.29 is 9.53 Å². The highest BCUT2D eigenvalue weighted by Gasteiger charge is 2.14. The molecule has 1 aromatic carbocycles. The van der Waals surface area contributed by atoms with Gasteiger partial charge in [0, 0.05) is 32.1 Å². The van der Waals surface area contributed by atoms with Crippen molar-refractivity contribution in [2.75, 3.05) is 13.2 Å². The standard InChI is InChI=1S/C19H22ClN5O4/c1-23-17-16(18(27)24(2)19(23)28)25(12-22-17)10-3-4-15(26)21-9-11-29-14-7-5-13(20)6-8-14/h5-8,12H,3-4,9-11H2,1-2H3,(H,21,26). The van der Waals surface area contributed by atoms with Crippen LogP contribution < -0.4 is 21.3 Å². The zero-order chi connectivity index (χ0) is 21.0. The molecule has 3 rings (SSSR count). The number of amides is 1. The maximum absolute atomic E-state index is 12.4. The Kier molecular flexibility index (Phi) is 6.38. The minimum Gasteiger partial charge on any atom is -0.492 e. The Morgan fingerprint density at radius 3 is 2.62 bits per heavy atom. The molecule has 0 atom stereocenters. The van der Waals surface area contributed by atoms with Crippen LogP contribution in [0.25, 0.3) is 11.2 Å². The van der Waals surface area contributed by atoms with E-state index >= 15 is 0 Å². The zero-order valence-corrected chi connectivity index (χ0v) is 17.0. The topological polar surface area (TPSA) is 100 Å². The summed E-state index contributed by atoms with van der Waals surface area (Å²) in [6.07, 6.45) is 2.34. The number of hydrogen-bond donors (Lipinski definition) is 1. The lowest BCUT2D eigenvalue weighted by Crippen LogP contribution is -2.37. The molecule has 1 amide bonds. The average molecular weight is 420 g/mol. The highest BCUT2D eigenvalue weighted by Crippen LogP contribution is 2.15. The minimum absolute atomic E-state index is 0.102. The third-order valence-corrected chi connectivity index (χ3v) is 4.78. The van der Waals surface area contributed by atoms with Crippen LogP contribution in [0.2, 0.25) is 5.02 Å². The Morgan fingerprint density at radius 1 is 1.17 bits per heavy atom. The molecule has 0 unspecified atom stereocenters. The van der Waals surface area contributed by atoms with E-state index in [2.05, 4.69) is 10.3 Å². The van der Waals surface area contributed by atoms with Crippen LogP contribution in [0.3, 0.4) is 0 Å². The molecular formula is C19H22ClN5O4. The lowest BCUT2D eigenvalue weighted by atomic mass is 10.3. The average Bonchev–Trinajstić information content (AvgIpc) is 3.13. The monoisotopic (exact) mass is 419 g/mol. The summed E-state index contributed by atoms with van der Waals surface area (Å²) in [6, 6.07) is 7.00. The normalized spacial score (nSPS) is 11.0. The molecule has 2 aromatic heterocycles. The summed E-state index contributed by atoms with van der Waals surface area (Å²) >= 11 is 5.81. The summed E-state index contributed by atoms with van der Waals surface area (Å²) in [5.41, 5.74) is -0.134. The molecule has 3 aromatic rings. The smallest absolute Gasteiger partial charge is 0.332 e. The van der Waals surface area contributed by atoms with Crippen molar-refractivity contribution in [3.63, 3.8) is 0 Å². The number of nitrogens with one attached hydrogen (secondary N) is 1. The first-order valence-corrected chi connectivity index (χ1v) is 9.52. The van der Waals surface area contributed by atoms with E-state index in [1.165, 1.54) is 17.9 Å². The first-order valence-electron chi connectivity index (χ1n) is 9.14. The molecule has 10 heteroatoms. The summed E-state index contributed by atoms with van der Waals surface area (Å²) in [5.74, 6) is 0.584.